The number of hydrogen-bond donors (Lipinski definition) is 2. The molecule has 3 aromatic heterocycles. The van der Waals surface area contributed by atoms with Gasteiger partial charge < -0.3 is 15.5 Å². The van der Waals surface area contributed by atoms with Gasteiger partial charge in [0.25, 0.3) is 5.91 Å². The van der Waals surface area contributed by atoms with Crippen LogP contribution in [0.25, 0.3) is 5.65 Å². The summed E-state index contributed by atoms with van der Waals surface area (Å²) in [4.78, 5) is 18.8. The summed E-state index contributed by atoms with van der Waals surface area (Å²) in [5.41, 5.74) is 1.81. The number of carbonyl (C=O) groups is 1. The molecule has 0 saturated carbocycles. The van der Waals surface area contributed by atoms with Gasteiger partial charge in [0.2, 0.25) is 5.95 Å². The lowest BCUT2D eigenvalue weighted by Crippen LogP contribution is -2.21. The zero-order valence-corrected chi connectivity index (χ0v) is 13.3. The molecule has 9 heteroatoms. The van der Waals surface area contributed by atoms with Crippen LogP contribution in [0.5, 0.6) is 0 Å². The average Bonchev–Trinajstić information content (AvgIpc) is 3.29. The molecule has 3 aromatic rings. The molecule has 0 spiro atoms. The van der Waals surface area contributed by atoms with E-state index < -0.39 is 12.9 Å². The minimum Gasteiger partial charge on any atom is -0.370 e. The van der Waals surface area contributed by atoms with Crippen molar-refractivity contribution >= 4 is 28.9 Å². The van der Waals surface area contributed by atoms with E-state index in [1.807, 2.05) is 23.6 Å². The first kappa shape index (κ1) is 12.2. The molecule has 1 amide bonds. The molecule has 1 aliphatic heterocycles. The fraction of sp³-hybridized carbons (Fsp3) is 0.312. The topological polar surface area (TPSA) is 100 Å². The Balaban J connectivity index is 1.59. The van der Waals surface area contributed by atoms with Crippen LogP contribution >= 0.6 is 0 Å². The summed E-state index contributed by atoms with van der Waals surface area (Å²) in [6.07, 6.45) is 5.65. The second kappa shape index (κ2) is 6.34. The fourth-order valence-corrected chi connectivity index (χ4v) is 2.87. The van der Waals surface area contributed by atoms with E-state index in [0.717, 1.165) is 18.8 Å². The highest BCUT2D eigenvalue weighted by molar-refractivity contribution is 5.97. The molecule has 0 bridgehead atoms. The van der Waals surface area contributed by atoms with E-state index in [1.165, 1.54) is 25.1 Å². The zero-order chi connectivity index (χ0) is 19.7. The smallest absolute Gasteiger partial charge is 0.273 e. The summed E-state index contributed by atoms with van der Waals surface area (Å²) < 4.78 is 23.2. The molecule has 1 fully saturated rings. The monoisotopic (exact) mass is 341 g/mol. The number of rotatable bonds is 4. The van der Waals surface area contributed by atoms with Gasteiger partial charge in [-0.15, -0.1) is 10.2 Å². The highest BCUT2D eigenvalue weighted by Crippen LogP contribution is 2.22. The SMILES string of the molecule is [2H]C([2H])([2H])NC(=O)c1nnccc1Nc1nc2ccc(N3CCCC3)cn2n1. The Kier molecular flexibility index (Phi) is 3.09. The van der Waals surface area contributed by atoms with Gasteiger partial charge in [-0.3, -0.25) is 4.79 Å². The number of nitrogens with zero attached hydrogens (tertiary/aromatic N) is 6. The van der Waals surface area contributed by atoms with Crippen LogP contribution in [0.3, 0.4) is 0 Å². The van der Waals surface area contributed by atoms with Crippen molar-refractivity contribution in [3.8, 4) is 0 Å². The minimum absolute atomic E-state index is 0.157. The van der Waals surface area contributed by atoms with Gasteiger partial charge in [0, 0.05) is 24.2 Å². The third-order valence-corrected chi connectivity index (χ3v) is 4.08. The molecule has 0 aromatic carbocycles. The normalized spacial score (nSPS) is 16.3. The van der Waals surface area contributed by atoms with Crippen LogP contribution in [0.2, 0.25) is 0 Å². The Morgan fingerprint density at radius 2 is 2.16 bits per heavy atom. The molecule has 0 radical (unpaired) electrons. The number of pyridine rings is 1. The lowest BCUT2D eigenvalue weighted by atomic mass is 10.3. The van der Waals surface area contributed by atoms with Gasteiger partial charge in [-0.05, 0) is 31.0 Å². The van der Waals surface area contributed by atoms with Gasteiger partial charge in [0.05, 0.1) is 23.8 Å². The van der Waals surface area contributed by atoms with Crippen molar-refractivity contribution in [2.75, 3.05) is 30.3 Å². The summed E-state index contributed by atoms with van der Waals surface area (Å²) in [6, 6.07) is 5.38. The largest absolute Gasteiger partial charge is 0.370 e. The Hall–Kier alpha value is -3.23. The quantitative estimate of drug-likeness (QED) is 0.736. The average molecular weight is 341 g/mol. The highest BCUT2D eigenvalue weighted by Gasteiger charge is 2.16. The van der Waals surface area contributed by atoms with Gasteiger partial charge >= 0.3 is 0 Å². The van der Waals surface area contributed by atoms with Crippen molar-refractivity contribution in [2.45, 2.75) is 12.8 Å². The van der Waals surface area contributed by atoms with Crippen LogP contribution < -0.4 is 15.5 Å². The molecule has 1 saturated heterocycles. The van der Waals surface area contributed by atoms with Crippen LogP contribution in [0.15, 0.2) is 30.6 Å². The summed E-state index contributed by atoms with van der Waals surface area (Å²) in [5, 5.41) is 16.6. The Bertz CT molecular complexity index is 1010. The summed E-state index contributed by atoms with van der Waals surface area (Å²) in [6.45, 7) is -0.578. The standard InChI is InChI=1S/C16H18N8O/c1-17-15(25)14-12(6-7-18-21-14)19-16-20-13-5-4-11(10-24(13)22-16)23-8-2-3-9-23/h4-7,10H,2-3,8-9H2,1H3,(H,17,25)(H,18,19,22)/i1D3. The molecular weight excluding hydrogens is 320 g/mol. The Morgan fingerprint density at radius 1 is 1.28 bits per heavy atom. The van der Waals surface area contributed by atoms with Crippen LogP contribution in [0.4, 0.5) is 17.3 Å². The molecule has 0 atom stereocenters. The van der Waals surface area contributed by atoms with Gasteiger partial charge in [-0.1, -0.05) is 0 Å². The number of fused-ring (bicyclic) bond motifs is 1. The first-order chi connectivity index (χ1) is 13.4. The summed E-state index contributed by atoms with van der Waals surface area (Å²) in [7, 11) is 0. The van der Waals surface area contributed by atoms with Crippen LogP contribution in [-0.2, 0) is 0 Å². The molecule has 1 aliphatic rings. The fourth-order valence-electron chi connectivity index (χ4n) is 2.87. The van der Waals surface area contributed by atoms with E-state index >= 15 is 0 Å². The van der Waals surface area contributed by atoms with Gasteiger partial charge in [0.1, 0.15) is 0 Å². The number of nitrogens with one attached hydrogen (secondary N) is 2. The molecule has 9 nitrogen and oxygen atoms in total. The molecule has 4 rings (SSSR count). The van der Waals surface area contributed by atoms with Crippen LogP contribution in [0.1, 0.15) is 27.4 Å². The van der Waals surface area contributed by atoms with Crippen molar-refractivity contribution < 1.29 is 8.91 Å². The lowest BCUT2D eigenvalue weighted by molar-refractivity contribution is 0.0958. The second-order valence-electron chi connectivity index (χ2n) is 5.69. The van der Waals surface area contributed by atoms with Crippen molar-refractivity contribution in [2.24, 2.45) is 0 Å². The van der Waals surface area contributed by atoms with Crippen molar-refractivity contribution in [3.05, 3.63) is 36.3 Å². The maximum Gasteiger partial charge on any atom is 0.273 e. The molecular formula is C16H18N8O. The zero-order valence-electron chi connectivity index (χ0n) is 16.3. The highest BCUT2D eigenvalue weighted by atomic mass is 16.1. The van der Waals surface area contributed by atoms with E-state index in [4.69, 9.17) is 4.11 Å². The third-order valence-electron chi connectivity index (χ3n) is 4.08. The van der Waals surface area contributed by atoms with E-state index in [0.29, 0.717) is 5.65 Å². The number of anilines is 3. The van der Waals surface area contributed by atoms with E-state index in [2.05, 4.69) is 30.5 Å². The first-order valence-electron chi connectivity index (χ1n) is 9.42. The second-order valence-corrected chi connectivity index (χ2v) is 5.69. The van der Waals surface area contributed by atoms with Crippen LogP contribution in [-0.4, -0.2) is 50.8 Å². The van der Waals surface area contributed by atoms with E-state index in [-0.39, 0.29) is 17.3 Å². The lowest BCUT2D eigenvalue weighted by Gasteiger charge is -2.16. The predicted molar refractivity (Wildman–Crippen MR) is 93.1 cm³/mol. The molecule has 128 valence electrons. The van der Waals surface area contributed by atoms with Gasteiger partial charge in [-0.2, -0.15) is 10.1 Å². The molecule has 2 N–H and O–H groups in total. The number of hydrogen-bond acceptors (Lipinski definition) is 7. The molecule has 25 heavy (non-hydrogen) atoms. The van der Waals surface area contributed by atoms with Crippen molar-refractivity contribution in [1.29, 1.82) is 0 Å². The number of carbonyl (C=O) groups excluding carboxylic acids is 1. The Morgan fingerprint density at radius 3 is 3.00 bits per heavy atom. The summed E-state index contributed by atoms with van der Waals surface area (Å²) in [5.74, 6) is -0.606. The van der Waals surface area contributed by atoms with E-state index in [9.17, 15) is 4.79 Å². The van der Waals surface area contributed by atoms with Crippen LogP contribution in [0, 0.1) is 0 Å². The molecule has 4 heterocycles. The third kappa shape index (κ3) is 2.95. The van der Waals surface area contributed by atoms with Crippen molar-refractivity contribution in [3.63, 3.8) is 0 Å². The van der Waals surface area contributed by atoms with Crippen molar-refractivity contribution in [1.82, 2.24) is 30.1 Å². The van der Waals surface area contributed by atoms with Gasteiger partial charge in [-0.25, -0.2) is 4.52 Å². The summed E-state index contributed by atoms with van der Waals surface area (Å²) >= 11 is 0. The molecule has 0 unspecified atom stereocenters. The predicted octanol–water partition coefficient (Wildman–Crippen LogP) is 1.22. The maximum absolute atomic E-state index is 12.2. The maximum atomic E-state index is 12.2. The van der Waals surface area contributed by atoms with E-state index in [1.54, 1.807) is 4.52 Å². The molecule has 0 aliphatic carbocycles. The first-order valence-corrected chi connectivity index (χ1v) is 7.92. The van der Waals surface area contributed by atoms with Gasteiger partial charge in [0.15, 0.2) is 11.3 Å². The Labute approximate surface area is 148 Å². The number of aromatic nitrogens is 5. The number of amides is 1. The minimum atomic E-state index is -2.63.